The third kappa shape index (κ3) is 3.37. The third-order valence-corrected chi connectivity index (χ3v) is 6.39. The maximum Gasteiger partial charge on any atom is 0.324 e. The third-order valence-electron chi connectivity index (χ3n) is 4.23. The van der Waals surface area contributed by atoms with Gasteiger partial charge in [-0.1, -0.05) is 29.8 Å². The molecule has 0 unspecified atom stereocenters. The molecule has 2 aromatic heterocycles. The quantitative estimate of drug-likeness (QED) is 0.448. The summed E-state index contributed by atoms with van der Waals surface area (Å²) in [4.78, 5) is 12.0. The molecule has 0 spiro atoms. The van der Waals surface area contributed by atoms with E-state index in [0.717, 1.165) is 12.1 Å². The molecule has 0 aliphatic rings. The number of para-hydroxylation sites is 1. The Balaban J connectivity index is 1.84. The average molecular weight is 451 g/mol. The number of imidazole rings is 1. The number of aromatic nitrogens is 4. The first-order chi connectivity index (χ1) is 14.3. The Morgan fingerprint density at radius 2 is 1.77 bits per heavy atom. The van der Waals surface area contributed by atoms with Crippen LogP contribution in [0.25, 0.3) is 11.2 Å². The van der Waals surface area contributed by atoms with Gasteiger partial charge in [0, 0.05) is 6.54 Å². The predicted octanol–water partition coefficient (Wildman–Crippen LogP) is 4.40. The minimum atomic E-state index is -4.07. The first-order valence-corrected chi connectivity index (χ1v) is 10.5. The fourth-order valence-corrected chi connectivity index (χ4v) is 4.80. The van der Waals surface area contributed by atoms with Gasteiger partial charge < -0.3 is 4.74 Å². The standard InChI is InChI=1S/C19H13ClF2N4O3S/c1-2-26-17-14(24-19(26)30(27,28)15-9-4-3-6-11(15)20)10-23-18(25-17)29-16-12(21)7-5-8-13(16)22/h3-10H,2H2,1H3. The zero-order valence-corrected chi connectivity index (χ0v) is 17.0. The van der Waals surface area contributed by atoms with E-state index in [4.69, 9.17) is 16.3 Å². The number of benzene rings is 2. The minimum Gasteiger partial charge on any atom is -0.418 e. The fourth-order valence-electron chi connectivity index (χ4n) is 2.85. The number of fused-ring (bicyclic) bond motifs is 1. The Bertz CT molecular complexity index is 1360. The van der Waals surface area contributed by atoms with Gasteiger partial charge in [-0.05, 0) is 31.2 Å². The molecule has 7 nitrogen and oxygen atoms in total. The Hall–Kier alpha value is -3.11. The van der Waals surface area contributed by atoms with Crippen molar-refractivity contribution in [1.29, 1.82) is 0 Å². The molecule has 154 valence electrons. The zero-order valence-electron chi connectivity index (χ0n) is 15.4. The van der Waals surface area contributed by atoms with E-state index < -0.39 is 27.2 Å². The molecule has 2 aromatic carbocycles. The van der Waals surface area contributed by atoms with Gasteiger partial charge in [-0.2, -0.15) is 4.98 Å². The van der Waals surface area contributed by atoms with Crippen molar-refractivity contribution in [2.75, 3.05) is 0 Å². The largest absolute Gasteiger partial charge is 0.418 e. The van der Waals surface area contributed by atoms with Crippen molar-refractivity contribution in [1.82, 2.24) is 19.5 Å². The molecular formula is C19H13ClF2N4O3S. The fraction of sp³-hybridized carbons (Fsp3) is 0.105. The van der Waals surface area contributed by atoms with Crippen LogP contribution in [0.3, 0.4) is 0 Å². The first kappa shape index (κ1) is 20.2. The smallest absolute Gasteiger partial charge is 0.324 e. The van der Waals surface area contributed by atoms with Crippen LogP contribution in [-0.2, 0) is 16.4 Å². The second kappa shape index (κ2) is 7.62. The van der Waals surface area contributed by atoms with E-state index in [-0.39, 0.29) is 38.8 Å². The molecular weight excluding hydrogens is 438 g/mol. The Kier molecular flexibility index (Phi) is 5.12. The number of sulfone groups is 1. The van der Waals surface area contributed by atoms with Crippen LogP contribution in [0.15, 0.2) is 58.7 Å². The van der Waals surface area contributed by atoms with E-state index in [1.54, 1.807) is 19.1 Å². The van der Waals surface area contributed by atoms with E-state index in [1.807, 2.05) is 0 Å². The number of rotatable bonds is 5. The van der Waals surface area contributed by atoms with Crippen molar-refractivity contribution in [2.45, 2.75) is 23.5 Å². The molecule has 11 heteroatoms. The molecule has 4 aromatic rings. The van der Waals surface area contributed by atoms with Crippen LogP contribution >= 0.6 is 11.6 Å². The van der Waals surface area contributed by atoms with Gasteiger partial charge in [-0.3, -0.25) is 4.57 Å². The van der Waals surface area contributed by atoms with Crippen molar-refractivity contribution < 1.29 is 21.9 Å². The van der Waals surface area contributed by atoms with Crippen LogP contribution in [0, 0.1) is 11.6 Å². The Morgan fingerprint density at radius 3 is 2.43 bits per heavy atom. The summed E-state index contributed by atoms with van der Waals surface area (Å²) in [6.45, 7) is 1.89. The van der Waals surface area contributed by atoms with Crippen LogP contribution in [0.1, 0.15) is 6.92 Å². The molecule has 0 aliphatic heterocycles. The normalized spacial score (nSPS) is 11.7. The van der Waals surface area contributed by atoms with Gasteiger partial charge in [0.05, 0.1) is 16.1 Å². The van der Waals surface area contributed by atoms with E-state index in [2.05, 4.69) is 15.0 Å². The van der Waals surface area contributed by atoms with Crippen molar-refractivity contribution in [3.8, 4) is 11.8 Å². The summed E-state index contributed by atoms with van der Waals surface area (Å²) in [5.74, 6) is -2.52. The van der Waals surface area contributed by atoms with Gasteiger partial charge in [0.2, 0.25) is 20.7 Å². The molecule has 0 bridgehead atoms. The average Bonchev–Trinajstić information content (AvgIpc) is 3.10. The summed E-state index contributed by atoms with van der Waals surface area (Å²) >= 11 is 6.06. The highest BCUT2D eigenvalue weighted by atomic mass is 35.5. The highest BCUT2D eigenvalue weighted by Crippen LogP contribution is 2.30. The summed E-state index contributed by atoms with van der Waals surface area (Å²) in [6.07, 6.45) is 1.22. The van der Waals surface area contributed by atoms with Crippen LogP contribution < -0.4 is 4.74 Å². The molecule has 0 aliphatic carbocycles. The topological polar surface area (TPSA) is 87.0 Å². The summed E-state index contributed by atoms with van der Waals surface area (Å²) < 4.78 is 60.4. The summed E-state index contributed by atoms with van der Waals surface area (Å²) in [7, 11) is -4.07. The predicted molar refractivity (Wildman–Crippen MR) is 104 cm³/mol. The minimum absolute atomic E-state index is 0.0531. The lowest BCUT2D eigenvalue weighted by molar-refractivity contribution is 0.383. The monoisotopic (exact) mass is 450 g/mol. The van der Waals surface area contributed by atoms with Crippen LogP contribution in [0.2, 0.25) is 5.02 Å². The molecule has 30 heavy (non-hydrogen) atoms. The zero-order chi connectivity index (χ0) is 21.5. The summed E-state index contributed by atoms with van der Waals surface area (Å²) in [5, 5.41) is -0.228. The number of ether oxygens (including phenoxy) is 1. The Labute approximate surface area is 174 Å². The molecule has 0 saturated carbocycles. The molecule has 4 rings (SSSR count). The highest BCUT2D eigenvalue weighted by molar-refractivity contribution is 7.91. The van der Waals surface area contributed by atoms with E-state index in [1.165, 1.54) is 29.0 Å². The van der Waals surface area contributed by atoms with Gasteiger partial charge >= 0.3 is 6.01 Å². The number of hydrogen-bond donors (Lipinski definition) is 0. The Morgan fingerprint density at radius 1 is 1.07 bits per heavy atom. The molecule has 0 amide bonds. The summed E-state index contributed by atoms with van der Waals surface area (Å²) in [6, 6.07) is 8.89. The van der Waals surface area contributed by atoms with Gasteiger partial charge in [0.25, 0.3) is 0 Å². The lowest BCUT2D eigenvalue weighted by Gasteiger charge is -2.08. The van der Waals surface area contributed by atoms with Crippen molar-refractivity contribution in [2.24, 2.45) is 0 Å². The number of hydrogen-bond acceptors (Lipinski definition) is 6. The number of nitrogens with zero attached hydrogens (tertiary/aromatic N) is 4. The van der Waals surface area contributed by atoms with Crippen LogP contribution in [0.5, 0.6) is 11.8 Å². The SMILES string of the molecule is CCn1c(S(=O)(=O)c2ccccc2Cl)nc2cnc(Oc3c(F)cccc3F)nc21. The number of halogens is 3. The molecule has 0 saturated heterocycles. The van der Waals surface area contributed by atoms with Gasteiger partial charge in [-0.25, -0.2) is 27.2 Å². The van der Waals surface area contributed by atoms with Crippen molar-refractivity contribution in [3.05, 3.63) is 65.3 Å². The van der Waals surface area contributed by atoms with E-state index in [0.29, 0.717) is 0 Å². The molecule has 0 fully saturated rings. The first-order valence-electron chi connectivity index (χ1n) is 8.67. The molecule has 0 N–H and O–H groups in total. The molecule has 2 heterocycles. The van der Waals surface area contributed by atoms with E-state index in [9.17, 15) is 17.2 Å². The van der Waals surface area contributed by atoms with Gasteiger partial charge in [-0.15, -0.1) is 0 Å². The molecule has 0 radical (unpaired) electrons. The van der Waals surface area contributed by atoms with Crippen molar-refractivity contribution >= 4 is 32.6 Å². The van der Waals surface area contributed by atoms with Crippen molar-refractivity contribution in [3.63, 3.8) is 0 Å². The van der Waals surface area contributed by atoms with E-state index >= 15 is 0 Å². The molecule has 0 atom stereocenters. The second-order valence-electron chi connectivity index (χ2n) is 6.09. The van der Waals surface area contributed by atoms with Gasteiger partial charge in [0.1, 0.15) is 5.52 Å². The highest BCUT2D eigenvalue weighted by Gasteiger charge is 2.28. The lowest BCUT2D eigenvalue weighted by atomic mass is 10.3. The van der Waals surface area contributed by atoms with Gasteiger partial charge in [0.15, 0.2) is 17.3 Å². The van der Waals surface area contributed by atoms with Crippen LogP contribution in [0.4, 0.5) is 8.78 Å². The maximum atomic E-state index is 13.9. The summed E-state index contributed by atoms with van der Waals surface area (Å²) in [5.41, 5.74) is 0.300. The lowest BCUT2D eigenvalue weighted by Crippen LogP contribution is -2.11. The maximum absolute atomic E-state index is 13.9. The van der Waals surface area contributed by atoms with Crippen LogP contribution in [-0.4, -0.2) is 27.9 Å². The second-order valence-corrected chi connectivity index (χ2v) is 8.31. The number of aryl methyl sites for hydroxylation is 1.